The zero-order valence-electron chi connectivity index (χ0n) is 8.04. The van der Waals surface area contributed by atoms with Gasteiger partial charge in [0.05, 0.1) is 6.42 Å². The molecule has 0 heterocycles. The van der Waals surface area contributed by atoms with Crippen LogP contribution in [-0.4, -0.2) is 17.2 Å². The Kier molecular flexibility index (Phi) is 3.60. The first kappa shape index (κ1) is 11.4. The summed E-state index contributed by atoms with van der Waals surface area (Å²) in [5.74, 6) is -2.68. The highest BCUT2D eigenvalue weighted by atomic mass is 19.1. The average molecular weight is 216 g/mol. The lowest BCUT2D eigenvalue weighted by molar-refractivity contribution is -0.138. The minimum atomic E-state index is -1.06. The second-order valence-electron chi connectivity index (χ2n) is 3.10. The molecule has 0 aromatic heterocycles. The number of rotatable bonds is 4. The molecule has 0 saturated heterocycles. The summed E-state index contributed by atoms with van der Waals surface area (Å²) in [5.41, 5.74) is 0. The molecule has 1 N–H and O–H groups in total. The van der Waals surface area contributed by atoms with E-state index in [-0.39, 0.29) is 12.2 Å². The molecule has 0 amide bonds. The van der Waals surface area contributed by atoms with Crippen molar-refractivity contribution in [3.63, 3.8) is 0 Å². The smallest absolute Gasteiger partial charge is 0.307 e. The molecular formula is C10H10F2O3. The van der Waals surface area contributed by atoms with Crippen LogP contribution in [0.15, 0.2) is 18.2 Å². The third-order valence-corrected chi connectivity index (χ3v) is 1.68. The van der Waals surface area contributed by atoms with Gasteiger partial charge in [-0.1, -0.05) is 0 Å². The molecule has 0 saturated carbocycles. The molecule has 0 spiro atoms. The van der Waals surface area contributed by atoms with Crippen LogP contribution in [0.5, 0.6) is 5.75 Å². The minimum Gasteiger partial charge on any atom is -0.487 e. The number of carboxylic acid groups (broad SMARTS) is 1. The fraction of sp³-hybridized carbons (Fsp3) is 0.300. The Morgan fingerprint density at radius 3 is 2.80 bits per heavy atom. The quantitative estimate of drug-likeness (QED) is 0.839. The Morgan fingerprint density at radius 2 is 2.20 bits per heavy atom. The van der Waals surface area contributed by atoms with Crippen LogP contribution in [0.3, 0.4) is 0 Å². The van der Waals surface area contributed by atoms with Gasteiger partial charge in [0.15, 0.2) is 11.6 Å². The Bertz CT molecular complexity index is 366. The average Bonchev–Trinajstić information content (AvgIpc) is 2.10. The number of halogens is 2. The van der Waals surface area contributed by atoms with E-state index in [2.05, 4.69) is 0 Å². The predicted molar refractivity (Wildman–Crippen MR) is 48.7 cm³/mol. The van der Waals surface area contributed by atoms with E-state index in [0.29, 0.717) is 0 Å². The van der Waals surface area contributed by atoms with Gasteiger partial charge in [0, 0.05) is 6.07 Å². The van der Waals surface area contributed by atoms with E-state index in [9.17, 15) is 13.6 Å². The van der Waals surface area contributed by atoms with Crippen molar-refractivity contribution >= 4 is 5.97 Å². The number of carbonyl (C=O) groups is 1. The molecule has 1 rings (SSSR count). The third-order valence-electron chi connectivity index (χ3n) is 1.68. The van der Waals surface area contributed by atoms with Crippen LogP contribution in [0.25, 0.3) is 0 Å². The van der Waals surface area contributed by atoms with E-state index in [0.717, 1.165) is 18.2 Å². The summed E-state index contributed by atoms with van der Waals surface area (Å²) in [4.78, 5) is 10.3. The van der Waals surface area contributed by atoms with Gasteiger partial charge >= 0.3 is 5.97 Å². The molecule has 0 unspecified atom stereocenters. The van der Waals surface area contributed by atoms with Crippen molar-refractivity contribution in [2.24, 2.45) is 0 Å². The molecular weight excluding hydrogens is 206 g/mol. The van der Waals surface area contributed by atoms with Gasteiger partial charge in [-0.25, -0.2) is 8.78 Å². The van der Waals surface area contributed by atoms with Crippen molar-refractivity contribution in [2.75, 3.05) is 0 Å². The van der Waals surface area contributed by atoms with Gasteiger partial charge in [-0.3, -0.25) is 4.79 Å². The topological polar surface area (TPSA) is 46.5 Å². The van der Waals surface area contributed by atoms with E-state index in [1.54, 1.807) is 0 Å². The zero-order chi connectivity index (χ0) is 11.4. The monoisotopic (exact) mass is 216 g/mol. The van der Waals surface area contributed by atoms with Gasteiger partial charge in [-0.2, -0.15) is 0 Å². The van der Waals surface area contributed by atoms with Crippen LogP contribution in [0.4, 0.5) is 8.78 Å². The lowest BCUT2D eigenvalue weighted by Crippen LogP contribution is -2.17. The molecule has 0 bridgehead atoms. The fourth-order valence-corrected chi connectivity index (χ4v) is 1.07. The molecule has 0 fully saturated rings. The highest BCUT2D eigenvalue weighted by Gasteiger charge is 2.12. The first-order valence-electron chi connectivity index (χ1n) is 4.32. The summed E-state index contributed by atoms with van der Waals surface area (Å²) in [6, 6.07) is 2.77. The van der Waals surface area contributed by atoms with Crippen LogP contribution in [0.2, 0.25) is 0 Å². The van der Waals surface area contributed by atoms with Crippen LogP contribution in [0.1, 0.15) is 13.3 Å². The van der Waals surface area contributed by atoms with E-state index in [1.165, 1.54) is 6.92 Å². The summed E-state index contributed by atoms with van der Waals surface area (Å²) < 4.78 is 30.7. The Balaban J connectivity index is 2.71. The first-order valence-corrected chi connectivity index (χ1v) is 4.32. The summed E-state index contributed by atoms with van der Waals surface area (Å²) in [5, 5.41) is 8.44. The molecule has 0 radical (unpaired) electrons. The molecule has 5 heteroatoms. The van der Waals surface area contributed by atoms with Crippen LogP contribution in [0, 0.1) is 11.6 Å². The van der Waals surface area contributed by atoms with E-state index in [4.69, 9.17) is 9.84 Å². The summed E-state index contributed by atoms with van der Waals surface area (Å²) in [6.07, 6.45) is -0.977. The minimum absolute atomic E-state index is 0.268. The van der Waals surface area contributed by atoms with Crippen LogP contribution in [-0.2, 0) is 4.79 Å². The van der Waals surface area contributed by atoms with Crippen molar-refractivity contribution in [1.29, 1.82) is 0 Å². The lowest BCUT2D eigenvalue weighted by Gasteiger charge is -2.12. The highest BCUT2D eigenvalue weighted by molar-refractivity contribution is 5.67. The van der Waals surface area contributed by atoms with E-state index in [1.807, 2.05) is 0 Å². The van der Waals surface area contributed by atoms with Crippen molar-refractivity contribution in [2.45, 2.75) is 19.4 Å². The summed E-state index contributed by atoms with van der Waals surface area (Å²) in [7, 11) is 0. The number of hydrogen-bond donors (Lipinski definition) is 1. The molecule has 82 valence electrons. The zero-order valence-corrected chi connectivity index (χ0v) is 8.04. The maximum absolute atomic E-state index is 13.0. The third kappa shape index (κ3) is 3.53. The van der Waals surface area contributed by atoms with E-state index < -0.39 is 23.7 Å². The second kappa shape index (κ2) is 4.72. The van der Waals surface area contributed by atoms with Gasteiger partial charge in [0.1, 0.15) is 11.9 Å². The van der Waals surface area contributed by atoms with Crippen molar-refractivity contribution in [1.82, 2.24) is 0 Å². The lowest BCUT2D eigenvalue weighted by atomic mass is 10.2. The van der Waals surface area contributed by atoms with Gasteiger partial charge in [-0.15, -0.1) is 0 Å². The molecule has 1 atom stereocenters. The summed E-state index contributed by atoms with van der Waals surface area (Å²) in [6.45, 7) is 1.47. The van der Waals surface area contributed by atoms with Crippen LogP contribution >= 0.6 is 0 Å². The fourth-order valence-electron chi connectivity index (χ4n) is 1.07. The van der Waals surface area contributed by atoms with Gasteiger partial charge < -0.3 is 9.84 Å². The molecule has 0 aliphatic carbocycles. The molecule has 15 heavy (non-hydrogen) atoms. The van der Waals surface area contributed by atoms with Crippen molar-refractivity contribution in [3.05, 3.63) is 29.8 Å². The number of hydrogen-bond acceptors (Lipinski definition) is 2. The molecule has 1 aromatic rings. The van der Waals surface area contributed by atoms with Gasteiger partial charge in [-0.05, 0) is 19.1 Å². The van der Waals surface area contributed by atoms with Crippen molar-refractivity contribution < 1.29 is 23.4 Å². The number of aliphatic carboxylic acids is 1. The first-order chi connectivity index (χ1) is 6.99. The van der Waals surface area contributed by atoms with Crippen LogP contribution < -0.4 is 4.74 Å². The normalized spacial score (nSPS) is 12.2. The largest absolute Gasteiger partial charge is 0.487 e. The summed E-state index contributed by atoms with van der Waals surface area (Å²) >= 11 is 0. The predicted octanol–water partition coefficient (Wildman–Crippen LogP) is 2.21. The number of benzene rings is 1. The molecule has 0 aliphatic heterocycles. The molecule has 1 aromatic carbocycles. The van der Waals surface area contributed by atoms with E-state index >= 15 is 0 Å². The number of carboxylic acids is 1. The Hall–Kier alpha value is -1.65. The molecule has 0 aliphatic rings. The highest BCUT2D eigenvalue weighted by Crippen LogP contribution is 2.19. The molecule has 3 nitrogen and oxygen atoms in total. The Morgan fingerprint density at radius 1 is 1.53 bits per heavy atom. The Labute approximate surface area is 85.3 Å². The second-order valence-corrected chi connectivity index (χ2v) is 3.10. The SMILES string of the molecule is C[C@H](CC(=O)O)Oc1cc(F)ccc1F. The van der Waals surface area contributed by atoms with Crippen molar-refractivity contribution in [3.8, 4) is 5.75 Å². The maximum atomic E-state index is 13.0. The van der Waals surface area contributed by atoms with Gasteiger partial charge in [0.25, 0.3) is 0 Å². The maximum Gasteiger partial charge on any atom is 0.307 e. The number of ether oxygens (including phenoxy) is 1. The van der Waals surface area contributed by atoms with Gasteiger partial charge in [0.2, 0.25) is 0 Å². The standard InChI is InChI=1S/C10H10F2O3/c1-6(4-10(13)14)15-9-5-7(11)2-3-8(9)12/h2-3,5-6H,4H2,1H3,(H,13,14)/t6-/m1/s1.